The van der Waals surface area contributed by atoms with Crippen molar-refractivity contribution in [3.05, 3.63) is 168 Å². The van der Waals surface area contributed by atoms with Gasteiger partial charge < -0.3 is 23.7 Å². The first kappa shape index (κ1) is 33.6. The summed E-state index contributed by atoms with van der Waals surface area (Å²) in [7, 11) is 0. The molecular weight excluding hydrogens is 642 g/mol. The van der Waals surface area contributed by atoms with Crippen LogP contribution >= 0.6 is 11.8 Å². The Morgan fingerprint density at radius 3 is 1.82 bits per heavy atom. The fourth-order valence-electron chi connectivity index (χ4n) is 5.21. The van der Waals surface area contributed by atoms with Crippen LogP contribution in [0.25, 0.3) is 0 Å². The summed E-state index contributed by atoms with van der Waals surface area (Å²) in [5.74, 6) is -2.01. The van der Waals surface area contributed by atoms with Crippen LogP contribution in [0.1, 0.15) is 36.8 Å². The molecule has 0 amide bonds. The van der Waals surface area contributed by atoms with Crippen LogP contribution in [-0.4, -0.2) is 59.4 Å². The first-order valence-corrected chi connectivity index (χ1v) is 16.6. The average molecular weight is 676 g/mol. The van der Waals surface area contributed by atoms with E-state index in [9.17, 15) is 14.4 Å². The summed E-state index contributed by atoms with van der Waals surface area (Å²) in [5.41, 5.74) is 0.758. The van der Waals surface area contributed by atoms with Crippen molar-refractivity contribution in [3.8, 4) is 0 Å². The Hall–Kier alpha value is -5.29. The van der Waals surface area contributed by atoms with Crippen LogP contribution in [0.5, 0.6) is 0 Å². The largest absolute Gasteiger partial charge is 0.459 e. The standard InChI is InChI=1S/C39H33NO8S/c41-36(28-17-7-2-8-18-28)45-26-32-33(47-37(42)29-19-9-3-10-20-29)34(48-38(43)31-23-13-14-24-40-31)35(44-25-27-15-5-1-6-16-27)39(46-32)49-30-21-11-4-12-22-30/h1-24,32-35,39H,25-26H2/t32-,33-,34+,35+,39-/m1/s1. The Morgan fingerprint density at radius 2 is 1.18 bits per heavy atom. The molecule has 2 heterocycles. The number of aromatic nitrogens is 1. The number of carbonyl (C=O) groups is 3. The molecule has 49 heavy (non-hydrogen) atoms. The molecule has 1 aliphatic rings. The second-order valence-corrected chi connectivity index (χ2v) is 12.2. The fraction of sp³-hybridized carbons (Fsp3) is 0.179. The molecule has 0 unspecified atom stereocenters. The van der Waals surface area contributed by atoms with Crippen molar-refractivity contribution >= 4 is 29.7 Å². The predicted octanol–water partition coefficient (Wildman–Crippen LogP) is 6.79. The molecular formula is C39H33NO8S. The minimum Gasteiger partial charge on any atom is -0.459 e. The highest BCUT2D eigenvalue weighted by Crippen LogP contribution is 2.38. The van der Waals surface area contributed by atoms with E-state index in [0.29, 0.717) is 5.56 Å². The number of nitrogens with zero attached hydrogens (tertiary/aromatic N) is 1. The summed E-state index contributed by atoms with van der Waals surface area (Å²) < 4.78 is 31.2. The zero-order valence-electron chi connectivity index (χ0n) is 26.3. The van der Waals surface area contributed by atoms with Crippen LogP contribution < -0.4 is 0 Å². The minimum atomic E-state index is -1.25. The molecule has 1 aromatic heterocycles. The van der Waals surface area contributed by atoms with Gasteiger partial charge in [0.15, 0.2) is 12.2 Å². The van der Waals surface area contributed by atoms with E-state index in [2.05, 4.69) is 4.98 Å². The van der Waals surface area contributed by atoms with Crippen molar-refractivity contribution < 1.29 is 38.1 Å². The lowest BCUT2D eigenvalue weighted by atomic mass is 9.98. The van der Waals surface area contributed by atoms with Crippen molar-refractivity contribution in [1.29, 1.82) is 0 Å². The highest BCUT2D eigenvalue weighted by molar-refractivity contribution is 7.99. The second kappa shape index (κ2) is 16.7. The van der Waals surface area contributed by atoms with Gasteiger partial charge in [0, 0.05) is 11.1 Å². The van der Waals surface area contributed by atoms with Crippen LogP contribution in [0, 0.1) is 0 Å². The van der Waals surface area contributed by atoms with Gasteiger partial charge in [-0.2, -0.15) is 0 Å². The normalized spacial score (nSPS) is 20.1. The maximum Gasteiger partial charge on any atom is 0.357 e. The van der Waals surface area contributed by atoms with Gasteiger partial charge in [-0.15, -0.1) is 0 Å². The van der Waals surface area contributed by atoms with Gasteiger partial charge in [0.05, 0.1) is 17.7 Å². The van der Waals surface area contributed by atoms with Gasteiger partial charge in [-0.25, -0.2) is 19.4 Å². The van der Waals surface area contributed by atoms with Gasteiger partial charge in [-0.3, -0.25) is 0 Å². The number of hydrogen-bond acceptors (Lipinski definition) is 10. The Balaban J connectivity index is 1.38. The maximum atomic E-state index is 13.6. The summed E-state index contributed by atoms with van der Waals surface area (Å²) in [5, 5.41) is 0. The predicted molar refractivity (Wildman–Crippen MR) is 182 cm³/mol. The number of hydrogen-bond donors (Lipinski definition) is 0. The topological polar surface area (TPSA) is 110 Å². The summed E-state index contributed by atoms with van der Waals surface area (Å²) in [4.78, 5) is 45.3. The van der Waals surface area contributed by atoms with E-state index in [-0.39, 0.29) is 24.5 Å². The Bertz CT molecular complexity index is 1800. The van der Waals surface area contributed by atoms with Crippen LogP contribution in [0.2, 0.25) is 0 Å². The van der Waals surface area contributed by atoms with Gasteiger partial charge >= 0.3 is 17.9 Å². The third-order valence-electron chi connectivity index (χ3n) is 7.63. The van der Waals surface area contributed by atoms with E-state index in [1.807, 2.05) is 60.7 Å². The summed E-state index contributed by atoms with van der Waals surface area (Å²) in [6.45, 7) is -0.166. The second-order valence-electron chi connectivity index (χ2n) is 11.0. The fourth-order valence-corrected chi connectivity index (χ4v) is 6.36. The lowest BCUT2D eigenvalue weighted by Crippen LogP contribution is -2.61. The highest BCUT2D eigenvalue weighted by atomic mass is 32.2. The first-order valence-electron chi connectivity index (χ1n) is 15.7. The minimum absolute atomic E-state index is 0.0586. The number of rotatable bonds is 12. The molecule has 5 aromatic rings. The molecule has 0 N–H and O–H groups in total. The first-order chi connectivity index (χ1) is 24.0. The van der Waals surface area contributed by atoms with Gasteiger partial charge in [0.2, 0.25) is 0 Å². The van der Waals surface area contributed by atoms with Crippen molar-refractivity contribution in [2.45, 2.75) is 41.4 Å². The Morgan fingerprint density at radius 1 is 0.612 bits per heavy atom. The molecule has 4 aromatic carbocycles. The Labute approximate surface area is 288 Å². The SMILES string of the molecule is O=C(OC[C@H]1O[C@H](Sc2ccccc2)[C@@H](OCc2ccccc2)[C@@H](OC(=O)c2ccccn2)[C@@H]1OC(=O)c1ccccc1)c1ccccc1. The van der Waals surface area contributed by atoms with Crippen LogP contribution in [-0.2, 0) is 30.3 Å². The van der Waals surface area contributed by atoms with E-state index in [0.717, 1.165) is 10.5 Å². The van der Waals surface area contributed by atoms with Crippen LogP contribution in [0.4, 0.5) is 0 Å². The van der Waals surface area contributed by atoms with E-state index in [1.54, 1.807) is 72.8 Å². The maximum absolute atomic E-state index is 13.6. The third-order valence-corrected chi connectivity index (χ3v) is 8.79. The monoisotopic (exact) mass is 675 g/mol. The Kier molecular flexibility index (Phi) is 11.5. The number of carbonyl (C=O) groups excluding carboxylic acids is 3. The molecule has 5 atom stereocenters. The van der Waals surface area contributed by atoms with E-state index < -0.39 is 47.8 Å². The molecule has 0 saturated carbocycles. The van der Waals surface area contributed by atoms with Gasteiger partial charge in [0.1, 0.15) is 29.9 Å². The quantitative estimate of drug-likeness (QED) is 0.104. The van der Waals surface area contributed by atoms with Crippen molar-refractivity contribution in [2.24, 2.45) is 0 Å². The molecule has 9 nitrogen and oxygen atoms in total. The molecule has 0 spiro atoms. The van der Waals surface area contributed by atoms with Crippen molar-refractivity contribution in [3.63, 3.8) is 0 Å². The number of pyridine rings is 1. The molecule has 1 aliphatic heterocycles. The number of thioether (sulfide) groups is 1. The molecule has 248 valence electrons. The van der Waals surface area contributed by atoms with Gasteiger partial charge in [0.25, 0.3) is 0 Å². The molecule has 1 saturated heterocycles. The zero-order chi connectivity index (χ0) is 33.8. The van der Waals surface area contributed by atoms with Gasteiger partial charge in [-0.1, -0.05) is 103 Å². The van der Waals surface area contributed by atoms with Crippen molar-refractivity contribution in [2.75, 3.05) is 6.61 Å². The number of esters is 3. The van der Waals surface area contributed by atoms with Crippen molar-refractivity contribution in [1.82, 2.24) is 4.98 Å². The molecule has 1 fully saturated rings. The molecule has 0 radical (unpaired) electrons. The summed E-state index contributed by atoms with van der Waals surface area (Å²) in [6.07, 6.45) is -2.98. The lowest BCUT2D eigenvalue weighted by Gasteiger charge is -2.44. The van der Waals surface area contributed by atoms with E-state index >= 15 is 0 Å². The average Bonchev–Trinajstić information content (AvgIpc) is 3.16. The summed E-state index contributed by atoms with van der Waals surface area (Å²) in [6, 6.07) is 40.9. The van der Waals surface area contributed by atoms with Crippen LogP contribution in [0.15, 0.2) is 151 Å². The van der Waals surface area contributed by atoms with E-state index in [1.165, 1.54) is 24.0 Å². The summed E-state index contributed by atoms with van der Waals surface area (Å²) >= 11 is 1.35. The number of ether oxygens (including phenoxy) is 5. The smallest absolute Gasteiger partial charge is 0.357 e. The molecule has 10 heteroatoms. The number of benzene rings is 4. The van der Waals surface area contributed by atoms with Gasteiger partial charge in [-0.05, 0) is 54.1 Å². The molecule has 6 rings (SSSR count). The zero-order valence-corrected chi connectivity index (χ0v) is 27.1. The van der Waals surface area contributed by atoms with Crippen LogP contribution in [0.3, 0.4) is 0 Å². The van der Waals surface area contributed by atoms with E-state index in [4.69, 9.17) is 23.7 Å². The highest BCUT2D eigenvalue weighted by Gasteiger charge is 2.52. The molecule has 0 bridgehead atoms. The lowest BCUT2D eigenvalue weighted by molar-refractivity contribution is -0.221. The third kappa shape index (κ3) is 8.99. The molecule has 0 aliphatic carbocycles.